The van der Waals surface area contributed by atoms with Crippen molar-refractivity contribution in [3.63, 3.8) is 0 Å². The van der Waals surface area contributed by atoms with Crippen LogP contribution in [0.3, 0.4) is 0 Å². The van der Waals surface area contributed by atoms with Crippen LogP contribution >= 0.6 is 15.9 Å². The number of halogens is 1. The molecule has 1 aromatic rings. The number of rotatable bonds is 1. The van der Waals surface area contributed by atoms with Gasteiger partial charge in [-0.25, -0.2) is 9.97 Å². The monoisotopic (exact) mass is 296 g/mol. The van der Waals surface area contributed by atoms with Crippen molar-refractivity contribution in [3.8, 4) is 0 Å². The number of hydrogen-bond acceptors (Lipinski definition) is 4. The molecule has 0 spiro atoms. The highest BCUT2D eigenvalue weighted by Gasteiger charge is 2.37. The number of nitrogen functional groups attached to an aromatic ring is 1. The second kappa shape index (κ2) is 4.44. The fraction of sp³-hybridized carbons (Fsp3) is 0.667. The second-order valence-corrected chi connectivity index (χ2v) is 5.78. The van der Waals surface area contributed by atoms with Gasteiger partial charge >= 0.3 is 0 Å². The number of aromatic nitrogens is 2. The first-order valence-corrected chi connectivity index (χ1v) is 7.09. The summed E-state index contributed by atoms with van der Waals surface area (Å²) >= 11 is 3.52. The Morgan fingerprint density at radius 2 is 2.06 bits per heavy atom. The molecule has 4 nitrogen and oxygen atoms in total. The molecule has 1 saturated heterocycles. The maximum absolute atomic E-state index is 5.83. The third kappa shape index (κ3) is 1.90. The number of fused-ring (bicyclic) bond motifs is 1. The van der Waals surface area contributed by atoms with Gasteiger partial charge in [-0.1, -0.05) is 12.8 Å². The van der Waals surface area contributed by atoms with Crippen LogP contribution in [0.15, 0.2) is 10.8 Å². The van der Waals surface area contributed by atoms with E-state index < -0.39 is 0 Å². The molecular weight excluding hydrogens is 280 g/mol. The summed E-state index contributed by atoms with van der Waals surface area (Å²) in [4.78, 5) is 10.8. The van der Waals surface area contributed by atoms with Crippen molar-refractivity contribution in [1.29, 1.82) is 0 Å². The van der Waals surface area contributed by atoms with Gasteiger partial charge in [0.1, 0.15) is 22.4 Å². The molecule has 17 heavy (non-hydrogen) atoms. The van der Waals surface area contributed by atoms with Gasteiger partial charge in [0, 0.05) is 12.6 Å². The van der Waals surface area contributed by atoms with Crippen molar-refractivity contribution in [3.05, 3.63) is 10.8 Å². The first kappa shape index (κ1) is 11.3. The van der Waals surface area contributed by atoms with E-state index in [-0.39, 0.29) is 0 Å². The van der Waals surface area contributed by atoms with Crippen LogP contribution in [-0.2, 0) is 0 Å². The SMILES string of the molecule is Nc1ncnc(N2CCC3CCCCC32)c1Br. The van der Waals surface area contributed by atoms with Crippen LogP contribution in [-0.4, -0.2) is 22.6 Å². The summed E-state index contributed by atoms with van der Waals surface area (Å²) in [5, 5.41) is 0. The van der Waals surface area contributed by atoms with Crippen molar-refractivity contribution in [2.75, 3.05) is 17.2 Å². The Bertz CT molecular complexity index is 423. The van der Waals surface area contributed by atoms with Gasteiger partial charge in [-0.15, -0.1) is 0 Å². The molecule has 0 amide bonds. The minimum Gasteiger partial charge on any atom is -0.383 e. The molecule has 1 aromatic heterocycles. The zero-order valence-corrected chi connectivity index (χ0v) is 11.4. The van der Waals surface area contributed by atoms with E-state index in [1.54, 1.807) is 6.33 Å². The number of nitrogens with zero attached hydrogens (tertiary/aromatic N) is 3. The minimum absolute atomic E-state index is 0.536. The van der Waals surface area contributed by atoms with E-state index in [9.17, 15) is 0 Å². The van der Waals surface area contributed by atoms with Crippen molar-refractivity contribution in [2.24, 2.45) is 5.92 Å². The van der Waals surface area contributed by atoms with Crippen LogP contribution in [0.2, 0.25) is 0 Å². The van der Waals surface area contributed by atoms with Gasteiger partial charge in [-0.05, 0) is 41.1 Å². The third-order valence-corrected chi connectivity index (χ3v) is 4.84. The van der Waals surface area contributed by atoms with Gasteiger partial charge in [0.2, 0.25) is 0 Å². The lowest BCUT2D eigenvalue weighted by Gasteiger charge is -2.32. The number of anilines is 2. The molecule has 0 aromatic carbocycles. The highest BCUT2D eigenvalue weighted by atomic mass is 79.9. The third-order valence-electron chi connectivity index (χ3n) is 4.08. The molecule has 5 heteroatoms. The second-order valence-electron chi connectivity index (χ2n) is 4.99. The largest absolute Gasteiger partial charge is 0.383 e. The summed E-state index contributed by atoms with van der Waals surface area (Å²) in [5.41, 5.74) is 5.83. The summed E-state index contributed by atoms with van der Waals surface area (Å²) < 4.78 is 0.853. The lowest BCUT2D eigenvalue weighted by molar-refractivity contribution is 0.341. The predicted octanol–water partition coefficient (Wildman–Crippen LogP) is 2.59. The predicted molar refractivity (Wildman–Crippen MR) is 71.9 cm³/mol. The normalized spacial score (nSPS) is 28.2. The average molecular weight is 297 g/mol. The van der Waals surface area contributed by atoms with E-state index >= 15 is 0 Å². The molecule has 2 N–H and O–H groups in total. The first-order valence-electron chi connectivity index (χ1n) is 6.30. The highest BCUT2D eigenvalue weighted by Crippen LogP contribution is 2.40. The number of hydrogen-bond donors (Lipinski definition) is 1. The Morgan fingerprint density at radius 1 is 1.24 bits per heavy atom. The van der Waals surface area contributed by atoms with Gasteiger partial charge in [0.25, 0.3) is 0 Å². The quantitative estimate of drug-likeness (QED) is 0.865. The lowest BCUT2D eigenvalue weighted by atomic mass is 9.85. The van der Waals surface area contributed by atoms with E-state index in [1.807, 2.05) is 0 Å². The summed E-state index contributed by atoms with van der Waals surface area (Å²) in [6, 6.07) is 0.661. The molecule has 2 fully saturated rings. The molecule has 1 aliphatic carbocycles. The molecular formula is C12H17BrN4. The molecule has 2 aliphatic rings. The average Bonchev–Trinajstić information content (AvgIpc) is 2.77. The molecule has 1 saturated carbocycles. The number of nitrogens with two attached hydrogens (primary N) is 1. The standard InChI is InChI=1S/C12H17BrN4/c13-10-11(14)15-7-16-12(10)17-6-5-8-3-1-2-4-9(8)17/h7-9H,1-6H2,(H2,14,15,16). The van der Waals surface area contributed by atoms with E-state index in [2.05, 4.69) is 30.8 Å². The molecule has 92 valence electrons. The Balaban J connectivity index is 1.91. The van der Waals surface area contributed by atoms with Gasteiger partial charge in [0.15, 0.2) is 0 Å². The van der Waals surface area contributed by atoms with Crippen LogP contribution in [0.4, 0.5) is 11.6 Å². The van der Waals surface area contributed by atoms with Crippen LogP contribution in [0.25, 0.3) is 0 Å². The maximum atomic E-state index is 5.83. The molecule has 3 rings (SSSR count). The zero-order chi connectivity index (χ0) is 11.8. The van der Waals surface area contributed by atoms with Crippen LogP contribution < -0.4 is 10.6 Å². The van der Waals surface area contributed by atoms with Crippen molar-refractivity contribution in [1.82, 2.24) is 9.97 Å². The van der Waals surface area contributed by atoms with Crippen LogP contribution in [0.5, 0.6) is 0 Å². The summed E-state index contributed by atoms with van der Waals surface area (Å²) in [6.45, 7) is 1.10. The smallest absolute Gasteiger partial charge is 0.148 e. The van der Waals surface area contributed by atoms with E-state index in [0.717, 1.165) is 22.8 Å². The molecule has 1 aliphatic heterocycles. The zero-order valence-electron chi connectivity index (χ0n) is 9.77. The van der Waals surface area contributed by atoms with E-state index in [0.29, 0.717) is 11.9 Å². The first-order chi connectivity index (χ1) is 8.27. The van der Waals surface area contributed by atoms with Gasteiger partial charge in [0.05, 0.1) is 0 Å². The Labute approximate surface area is 110 Å². The highest BCUT2D eigenvalue weighted by molar-refractivity contribution is 9.10. The Hall–Kier alpha value is -0.840. The Kier molecular flexibility index (Phi) is 2.94. The van der Waals surface area contributed by atoms with E-state index in [1.165, 1.54) is 32.1 Å². The summed E-state index contributed by atoms with van der Waals surface area (Å²) in [5.74, 6) is 2.37. The minimum atomic E-state index is 0.536. The fourth-order valence-electron chi connectivity index (χ4n) is 3.24. The van der Waals surface area contributed by atoms with Gasteiger partial charge in [-0.3, -0.25) is 0 Å². The Morgan fingerprint density at radius 3 is 2.94 bits per heavy atom. The lowest BCUT2D eigenvalue weighted by Crippen LogP contribution is -2.35. The molecule has 0 radical (unpaired) electrons. The fourth-order valence-corrected chi connectivity index (χ4v) is 3.68. The van der Waals surface area contributed by atoms with E-state index in [4.69, 9.17) is 5.73 Å². The van der Waals surface area contributed by atoms with Crippen LogP contribution in [0, 0.1) is 5.92 Å². The van der Waals surface area contributed by atoms with Gasteiger partial charge < -0.3 is 10.6 Å². The van der Waals surface area contributed by atoms with Crippen molar-refractivity contribution in [2.45, 2.75) is 38.1 Å². The molecule has 0 bridgehead atoms. The topological polar surface area (TPSA) is 55.0 Å². The van der Waals surface area contributed by atoms with Crippen molar-refractivity contribution >= 4 is 27.6 Å². The van der Waals surface area contributed by atoms with Crippen molar-refractivity contribution < 1.29 is 0 Å². The summed E-state index contributed by atoms with van der Waals surface area (Å²) in [7, 11) is 0. The molecule has 2 unspecified atom stereocenters. The van der Waals surface area contributed by atoms with Crippen LogP contribution in [0.1, 0.15) is 32.1 Å². The molecule has 2 heterocycles. The maximum Gasteiger partial charge on any atom is 0.148 e. The summed E-state index contributed by atoms with van der Waals surface area (Å²) in [6.07, 6.45) is 8.25. The van der Waals surface area contributed by atoms with Gasteiger partial charge in [-0.2, -0.15) is 0 Å². The molecule has 2 atom stereocenters.